The molecule has 7 heteroatoms. The van der Waals surface area contributed by atoms with E-state index in [0.29, 0.717) is 18.0 Å². The second-order valence-corrected chi connectivity index (χ2v) is 6.97. The van der Waals surface area contributed by atoms with Gasteiger partial charge in [-0.25, -0.2) is 9.97 Å². The summed E-state index contributed by atoms with van der Waals surface area (Å²) < 4.78 is 5.90. The van der Waals surface area contributed by atoms with Gasteiger partial charge < -0.3 is 20.7 Å². The highest BCUT2D eigenvalue weighted by Gasteiger charge is 2.17. The number of amides is 1. The van der Waals surface area contributed by atoms with E-state index >= 15 is 0 Å². The maximum Gasteiger partial charge on any atom is 0.278 e. The highest BCUT2D eigenvalue weighted by Crippen LogP contribution is 2.27. The Bertz CT molecular complexity index is 1040. The topological polar surface area (TPSA) is 93.4 Å². The van der Waals surface area contributed by atoms with Crippen LogP contribution in [0.25, 0.3) is 11.3 Å². The van der Waals surface area contributed by atoms with Crippen molar-refractivity contribution in [2.45, 2.75) is 12.8 Å². The largest absolute Gasteiger partial charge is 0.494 e. The van der Waals surface area contributed by atoms with Crippen molar-refractivity contribution in [2.24, 2.45) is 0 Å². The monoisotopic (exact) mass is 389 g/mol. The minimum Gasteiger partial charge on any atom is -0.494 e. The Balaban J connectivity index is 1.76. The molecule has 0 radical (unpaired) electrons. The first-order valence-corrected chi connectivity index (χ1v) is 9.59. The van der Waals surface area contributed by atoms with Crippen LogP contribution >= 0.6 is 0 Å². The van der Waals surface area contributed by atoms with Crippen molar-refractivity contribution >= 4 is 23.1 Å². The Labute approximate surface area is 169 Å². The first-order chi connectivity index (χ1) is 14.1. The molecule has 2 heterocycles. The lowest BCUT2D eigenvalue weighted by Gasteiger charge is -2.23. The number of nitrogen functional groups attached to an aromatic ring is 1. The molecule has 148 valence electrons. The lowest BCUT2D eigenvalue weighted by Crippen LogP contribution is -2.23. The Morgan fingerprint density at radius 3 is 2.90 bits per heavy atom. The van der Waals surface area contributed by atoms with E-state index in [0.717, 1.165) is 36.4 Å². The van der Waals surface area contributed by atoms with Crippen LogP contribution < -0.4 is 20.7 Å². The molecule has 3 aromatic rings. The van der Waals surface area contributed by atoms with E-state index in [1.807, 2.05) is 55.6 Å². The number of rotatable bonds is 0. The van der Waals surface area contributed by atoms with Gasteiger partial charge >= 0.3 is 0 Å². The zero-order valence-corrected chi connectivity index (χ0v) is 16.3. The fourth-order valence-electron chi connectivity index (χ4n) is 3.31. The number of nitrogens with zero attached hydrogens (tertiary/aromatic N) is 3. The van der Waals surface area contributed by atoms with E-state index in [-0.39, 0.29) is 11.5 Å². The summed E-state index contributed by atoms with van der Waals surface area (Å²) in [7, 11) is 2.01. The highest BCUT2D eigenvalue weighted by atomic mass is 16.5. The maximum absolute atomic E-state index is 12.9. The number of carbonyl (C=O) groups excluding carboxylic acids is 1. The number of aromatic nitrogens is 2. The van der Waals surface area contributed by atoms with Crippen LogP contribution in [0.5, 0.6) is 5.75 Å². The maximum atomic E-state index is 12.9. The summed E-state index contributed by atoms with van der Waals surface area (Å²) in [5, 5.41) is 2.94. The summed E-state index contributed by atoms with van der Waals surface area (Å²) in [6.07, 6.45) is 3.46. The van der Waals surface area contributed by atoms with E-state index in [2.05, 4.69) is 20.2 Å². The molecule has 4 bridgehead atoms. The molecule has 1 aromatic heterocycles. The molecule has 29 heavy (non-hydrogen) atoms. The van der Waals surface area contributed by atoms with Gasteiger partial charge in [0, 0.05) is 19.2 Å². The predicted molar refractivity (Wildman–Crippen MR) is 114 cm³/mol. The number of hydrogen-bond donors (Lipinski definition) is 2. The number of nitrogens with two attached hydrogens (primary N) is 1. The first-order valence-electron chi connectivity index (χ1n) is 9.59. The molecule has 0 atom stereocenters. The van der Waals surface area contributed by atoms with Gasteiger partial charge in [-0.3, -0.25) is 4.79 Å². The lowest BCUT2D eigenvalue weighted by atomic mass is 10.1. The number of anilines is 3. The van der Waals surface area contributed by atoms with Gasteiger partial charge in [-0.05, 0) is 37.1 Å². The van der Waals surface area contributed by atoms with Crippen molar-refractivity contribution in [1.29, 1.82) is 0 Å². The molecule has 1 amide bonds. The molecular formula is C22H23N5O2. The van der Waals surface area contributed by atoms with Crippen molar-refractivity contribution in [2.75, 3.05) is 36.1 Å². The van der Waals surface area contributed by atoms with Gasteiger partial charge in [-0.1, -0.05) is 24.3 Å². The second kappa shape index (κ2) is 8.18. The van der Waals surface area contributed by atoms with Crippen LogP contribution in [-0.2, 0) is 0 Å². The van der Waals surface area contributed by atoms with E-state index < -0.39 is 5.91 Å². The molecule has 0 aliphatic carbocycles. The Morgan fingerprint density at radius 2 is 2.00 bits per heavy atom. The minimum atomic E-state index is -0.391. The van der Waals surface area contributed by atoms with Gasteiger partial charge in [-0.15, -0.1) is 0 Å². The van der Waals surface area contributed by atoms with E-state index in [4.69, 9.17) is 10.5 Å². The molecular weight excluding hydrogens is 366 g/mol. The van der Waals surface area contributed by atoms with Gasteiger partial charge in [0.1, 0.15) is 5.75 Å². The zero-order chi connectivity index (χ0) is 20.2. The molecule has 0 fully saturated rings. The first kappa shape index (κ1) is 18.7. The third-order valence-corrected chi connectivity index (χ3v) is 4.87. The zero-order valence-electron chi connectivity index (χ0n) is 16.3. The number of para-hydroxylation sites is 2. The SMILES string of the molecule is CN1CCCCOc2cccc(c2)-c2cnc(N)c(n2)C(=O)Nc2ccccc21. The number of nitrogens with one attached hydrogen (secondary N) is 1. The van der Waals surface area contributed by atoms with E-state index in [9.17, 15) is 4.79 Å². The second-order valence-electron chi connectivity index (χ2n) is 6.97. The summed E-state index contributed by atoms with van der Waals surface area (Å²) >= 11 is 0. The Morgan fingerprint density at radius 1 is 1.14 bits per heavy atom. The summed E-state index contributed by atoms with van der Waals surface area (Å²) in [5.41, 5.74) is 9.08. The fourth-order valence-corrected chi connectivity index (χ4v) is 3.31. The molecule has 7 nitrogen and oxygen atoms in total. The molecule has 0 spiro atoms. The molecule has 0 saturated carbocycles. The van der Waals surface area contributed by atoms with Gasteiger partial charge in [0.15, 0.2) is 11.5 Å². The summed E-state index contributed by atoms with van der Waals surface area (Å²) in [6, 6.07) is 15.3. The quantitative estimate of drug-likeness (QED) is 0.610. The van der Waals surface area contributed by atoms with Gasteiger partial charge in [0.25, 0.3) is 5.91 Å². The van der Waals surface area contributed by atoms with Gasteiger partial charge in [-0.2, -0.15) is 0 Å². The Hall–Kier alpha value is -3.61. The molecule has 1 aliphatic heterocycles. The number of hydrogen-bond acceptors (Lipinski definition) is 6. The average molecular weight is 389 g/mol. The van der Waals surface area contributed by atoms with E-state index in [1.165, 1.54) is 0 Å². The molecule has 3 N–H and O–H groups in total. The standard InChI is InChI=1S/C22H23N5O2/c1-27-11-4-5-12-29-16-8-6-7-15(13-16)18-14-24-21(23)20(25-18)22(28)26-17-9-2-3-10-19(17)27/h2-3,6-10,13-14H,4-5,11-12H2,1H3,(H2,23,24)(H,26,28). The van der Waals surface area contributed by atoms with Crippen molar-refractivity contribution in [3.8, 4) is 17.0 Å². The van der Waals surface area contributed by atoms with Crippen LogP contribution in [0, 0.1) is 0 Å². The number of carbonyl (C=O) groups is 1. The van der Waals surface area contributed by atoms with Crippen LogP contribution in [0.1, 0.15) is 23.3 Å². The van der Waals surface area contributed by atoms with Crippen molar-refractivity contribution in [1.82, 2.24) is 9.97 Å². The normalized spacial score (nSPS) is 14.5. The average Bonchev–Trinajstić information content (AvgIpc) is 2.73. The third-order valence-electron chi connectivity index (χ3n) is 4.87. The number of benzene rings is 2. The van der Waals surface area contributed by atoms with Crippen molar-refractivity contribution in [3.63, 3.8) is 0 Å². The molecule has 1 aliphatic rings. The molecule has 2 aromatic carbocycles. The van der Waals surface area contributed by atoms with Crippen molar-refractivity contribution in [3.05, 3.63) is 60.4 Å². The molecule has 4 rings (SSSR count). The number of fused-ring (bicyclic) bond motifs is 6. The fraction of sp³-hybridized carbons (Fsp3) is 0.227. The summed E-state index contributed by atoms with van der Waals surface area (Å²) in [5.74, 6) is 0.459. The molecule has 0 unspecified atom stereocenters. The number of ether oxygens (including phenoxy) is 1. The Kier molecular flexibility index (Phi) is 5.29. The highest BCUT2D eigenvalue weighted by molar-refractivity contribution is 6.07. The van der Waals surface area contributed by atoms with Crippen LogP contribution in [0.2, 0.25) is 0 Å². The third kappa shape index (κ3) is 4.13. The van der Waals surface area contributed by atoms with Gasteiger partial charge in [0.2, 0.25) is 0 Å². The van der Waals surface area contributed by atoms with E-state index in [1.54, 1.807) is 6.20 Å². The van der Waals surface area contributed by atoms with Gasteiger partial charge in [0.05, 0.1) is 29.9 Å². The smallest absolute Gasteiger partial charge is 0.278 e. The summed E-state index contributed by atoms with van der Waals surface area (Å²) in [4.78, 5) is 23.7. The predicted octanol–water partition coefficient (Wildman–Crippen LogP) is 3.59. The van der Waals surface area contributed by atoms with Crippen LogP contribution in [0.15, 0.2) is 54.7 Å². The summed E-state index contributed by atoms with van der Waals surface area (Å²) in [6.45, 7) is 1.47. The van der Waals surface area contributed by atoms with Crippen molar-refractivity contribution < 1.29 is 9.53 Å². The van der Waals surface area contributed by atoms with Crippen LogP contribution in [0.4, 0.5) is 17.2 Å². The van der Waals surface area contributed by atoms with Crippen LogP contribution in [-0.4, -0.2) is 36.1 Å². The van der Waals surface area contributed by atoms with Crippen LogP contribution in [0.3, 0.4) is 0 Å². The minimum absolute atomic E-state index is 0.0885. The molecule has 0 saturated heterocycles. The lowest BCUT2D eigenvalue weighted by molar-refractivity contribution is 0.102.